The molecule has 0 spiro atoms. The third-order valence-electron chi connectivity index (χ3n) is 2.05. The van der Waals surface area contributed by atoms with Crippen molar-refractivity contribution < 1.29 is 0 Å². The first-order valence-corrected chi connectivity index (χ1v) is 4.92. The highest BCUT2D eigenvalue weighted by molar-refractivity contribution is 9.10. The van der Waals surface area contributed by atoms with Crippen molar-refractivity contribution in [3.8, 4) is 0 Å². The molecule has 2 heterocycles. The number of nitrogen functional groups attached to an aromatic ring is 1. The number of hydrogen-bond acceptors (Lipinski definition) is 2. The molecule has 13 heavy (non-hydrogen) atoms. The maximum absolute atomic E-state index is 5.75. The Morgan fingerprint density at radius 1 is 1.62 bits per heavy atom. The third-order valence-corrected chi connectivity index (χ3v) is 2.64. The van der Waals surface area contributed by atoms with Crippen LogP contribution in [-0.4, -0.2) is 9.38 Å². The average molecular weight is 240 g/mol. The van der Waals surface area contributed by atoms with E-state index < -0.39 is 0 Å². The van der Waals surface area contributed by atoms with Gasteiger partial charge in [0, 0.05) is 6.20 Å². The molecule has 0 fully saturated rings. The Balaban J connectivity index is 2.80. The molecule has 68 valence electrons. The van der Waals surface area contributed by atoms with Crippen molar-refractivity contribution in [3.63, 3.8) is 0 Å². The third kappa shape index (κ3) is 1.31. The van der Waals surface area contributed by atoms with E-state index in [4.69, 9.17) is 5.73 Å². The van der Waals surface area contributed by atoms with Crippen LogP contribution in [0.1, 0.15) is 12.5 Å². The second kappa shape index (κ2) is 3.03. The fourth-order valence-corrected chi connectivity index (χ4v) is 1.90. The summed E-state index contributed by atoms with van der Waals surface area (Å²) in [6.45, 7) is 2.11. The molecule has 2 aromatic heterocycles. The van der Waals surface area contributed by atoms with Gasteiger partial charge in [0.2, 0.25) is 0 Å². The minimum absolute atomic E-state index is 0.672. The van der Waals surface area contributed by atoms with Crippen molar-refractivity contribution in [2.45, 2.75) is 13.3 Å². The largest absolute Gasteiger partial charge is 0.383 e. The maximum Gasteiger partial charge on any atom is 0.152 e. The fourth-order valence-electron chi connectivity index (χ4n) is 1.31. The number of rotatable bonds is 1. The summed E-state index contributed by atoms with van der Waals surface area (Å²) >= 11 is 3.46. The Morgan fingerprint density at radius 3 is 3.08 bits per heavy atom. The number of imidazole rings is 1. The number of nitrogens with two attached hydrogens (primary N) is 1. The highest BCUT2D eigenvalue weighted by Gasteiger charge is 2.04. The maximum atomic E-state index is 5.75. The zero-order valence-corrected chi connectivity index (χ0v) is 8.87. The molecule has 0 atom stereocenters. The summed E-state index contributed by atoms with van der Waals surface area (Å²) in [6, 6.07) is 2.07. The Hall–Kier alpha value is -1.03. The number of anilines is 1. The van der Waals surface area contributed by atoms with Gasteiger partial charge in [0.05, 0.1) is 10.7 Å². The van der Waals surface area contributed by atoms with Crippen LogP contribution in [-0.2, 0) is 6.42 Å². The van der Waals surface area contributed by atoms with Crippen LogP contribution in [0.25, 0.3) is 5.65 Å². The van der Waals surface area contributed by atoms with Crippen LogP contribution >= 0.6 is 15.9 Å². The zero-order valence-electron chi connectivity index (χ0n) is 7.29. The number of aryl methyl sites for hydroxylation is 1. The zero-order chi connectivity index (χ0) is 9.42. The van der Waals surface area contributed by atoms with Gasteiger partial charge >= 0.3 is 0 Å². The van der Waals surface area contributed by atoms with Gasteiger partial charge in [0.25, 0.3) is 0 Å². The summed E-state index contributed by atoms with van der Waals surface area (Å²) in [5.74, 6) is 0.672. The SMILES string of the molecule is CCc1cc(Br)c2ncc(N)n2c1. The van der Waals surface area contributed by atoms with Gasteiger partial charge in [0.15, 0.2) is 5.65 Å². The summed E-state index contributed by atoms with van der Waals surface area (Å²) in [7, 11) is 0. The molecule has 0 aliphatic carbocycles. The molecule has 2 rings (SSSR count). The molecule has 0 aliphatic rings. The van der Waals surface area contributed by atoms with E-state index in [2.05, 4.69) is 33.9 Å². The van der Waals surface area contributed by atoms with E-state index in [1.807, 2.05) is 10.6 Å². The Kier molecular flexibility index (Phi) is 2.00. The van der Waals surface area contributed by atoms with Crippen LogP contribution < -0.4 is 5.73 Å². The van der Waals surface area contributed by atoms with Gasteiger partial charge in [-0.3, -0.25) is 4.40 Å². The minimum Gasteiger partial charge on any atom is -0.383 e. The Labute approximate surface area is 84.7 Å². The van der Waals surface area contributed by atoms with Gasteiger partial charge in [-0.1, -0.05) is 6.92 Å². The smallest absolute Gasteiger partial charge is 0.152 e. The average Bonchev–Trinajstić information content (AvgIpc) is 2.48. The second-order valence-electron chi connectivity index (χ2n) is 2.93. The first-order chi connectivity index (χ1) is 6.22. The van der Waals surface area contributed by atoms with Crippen LogP contribution in [0.4, 0.5) is 5.82 Å². The van der Waals surface area contributed by atoms with E-state index in [0.717, 1.165) is 16.5 Å². The van der Waals surface area contributed by atoms with E-state index in [9.17, 15) is 0 Å². The van der Waals surface area contributed by atoms with Crippen LogP contribution in [0.2, 0.25) is 0 Å². The number of hydrogen-bond donors (Lipinski definition) is 1. The number of pyridine rings is 1. The van der Waals surface area contributed by atoms with Crippen molar-refractivity contribution in [1.82, 2.24) is 9.38 Å². The van der Waals surface area contributed by atoms with Gasteiger partial charge in [-0.2, -0.15) is 0 Å². The number of fused-ring (bicyclic) bond motifs is 1. The molecule has 0 bridgehead atoms. The Morgan fingerprint density at radius 2 is 2.38 bits per heavy atom. The summed E-state index contributed by atoms with van der Waals surface area (Å²) < 4.78 is 2.88. The molecule has 0 aromatic carbocycles. The first-order valence-electron chi connectivity index (χ1n) is 4.13. The van der Waals surface area contributed by atoms with Crippen LogP contribution in [0.5, 0.6) is 0 Å². The van der Waals surface area contributed by atoms with Gasteiger partial charge in [0.1, 0.15) is 5.82 Å². The van der Waals surface area contributed by atoms with E-state index in [-0.39, 0.29) is 0 Å². The van der Waals surface area contributed by atoms with Crippen molar-refractivity contribution in [3.05, 3.63) is 28.5 Å². The molecule has 3 nitrogen and oxygen atoms in total. The Bertz CT molecular complexity index is 447. The van der Waals surface area contributed by atoms with E-state index >= 15 is 0 Å². The standard InChI is InChI=1S/C9H10BrN3/c1-2-6-3-7(10)9-12-4-8(11)13(9)5-6/h3-5H,2,11H2,1H3. The molecule has 0 aliphatic heterocycles. The lowest BCUT2D eigenvalue weighted by molar-refractivity contribution is 1.07. The fraction of sp³-hybridized carbons (Fsp3) is 0.222. The number of halogens is 1. The quantitative estimate of drug-likeness (QED) is 0.830. The van der Waals surface area contributed by atoms with Gasteiger partial charge < -0.3 is 5.73 Å². The predicted octanol–water partition coefficient (Wildman–Crippen LogP) is 2.24. The molecule has 0 unspecified atom stereocenters. The first kappa shape index (κ1) is 8.56. The van der Waals surface area contributed by atoms with Crippen LogP contribution in [0.3, 0.4) is 0 Å². The van der Waals surface area contributed by atoms with E-state index in [1.54, 1.807) is 6.20 Å². The summed E-state index contributed by atoms with van der Waals surface area (Å²) in [6.07, 6.45) is 4.67. The normalized spacial score (nSPS) is 10.9. The lowest BCUT2D eigenvalue weighted by Crippen LogP contribution is -1.95. The molecule has 0 amide bonds. The molecule has 0 saturated heterocycles. The summed E-state index contributed by atoms with van der Waals surface area (Å²) in [5, 5.41) is 0. The van der Waals surface area contributed by atoms with Crippen LogP contribution in [0, 0.1) is 0 Å². The van der Waals surface area contributed by atoms with E-state index in [0.29, 0.717) is 5.82 Å². The molecule has 0 saturated carbocycles. The number of nitrogens with zero attached hydrogens (tertiary/aromatic N) is 2. The number of aromatic nitrogens is 2. The van der Waals surface area contributed by atoms with Crippen molar-refractivity contribution in [2.24, 2.45) is 0 Å². The minimum atomic E-state index is 0.672. The predicted molar refractivity (Wildman–Crippen MR) is 56.7 cm³/mol. The molecule has 4 heteroatoms. The topological polar surface area (TPSA) is 43.3 Å². The van der Waals surface area contributed by atoms with Gasteiger partial charge in [-0.05, 0) is 34.0 Å². The molecule has 2 aromatic rings. The highest BCUT2D eigenvalue weighted by atomic mass is 79.9. The molecule has 0 radical (unpaired) electrons. The van der Waals surface area contributed by atoms with Crippen molar-refractivity contribution in [2.75, 3.05) is 5.73 Å². The highest BCUT2D eigenvalue weighted by Crippen LogP contribution is 2.21. The monoisotopic (exact) mass is 239 g/mol. The van der Waals surface area contributed by atoms with Crippen LogP contribution in [0.15, 0.2) is 22.9 Å². The van der Waals surface area contributed by atoms with Gasteiger partial charge in [-0.15, -0.1) is 0 Å². The second-order valence-corrected chi connectivity index (χ2v) is 3.78. The molecule has 2 N–H and O–H groups in total. The summed E-state index contributed by atoms with van der Waals surface area (Å²) in [5.41, 5.74) is 7.86. The summed E-state index contributed by atoms with van der Waals surface area (Å²) in [4.78, 5) is 4.18. The van der Waals surface area contributed by atoms with Crippen molar-refractivity contribution in [1.29, 1.82) is 0 Å². The van der Waals surface area contributed by atoms with E-state index in [1.165, 1.54) is 5.56 Å². The lowest BCUT2D eigenvalue weighted by atomic mass is 10.2. The van der Waals surface area contributed by atoms with Crippen molar-refractivity contribution >= 4 is 27.4 Å². The lowest BCUT2D eigenvalue weighted by Gasteiger charge is -2.02. The molecular formula is C9H10BrN3. The molecular weight excluding hydrogens is 230 g/mol. The van der Waals surface area contributed by atoms with Gasteiger partial charge in [-0.25, -0.2) is 4.98 Å².